The highest BCUT2D eigenvalue weighted by Crippen LogP contribution is 2.19. The summed E-state index contributed by atoms with van der Waals surface area (Å²) in [6.07, 6.45) is 24.7. The van der Waals surface area contributed by atoms with E-state index < -0.39 is 5.97 Å². The Morgan fingerprint density at radius 2 is 1.12 bits per heavy atom. The van der Waals surface area contributed by atoms with E-state index in [1.165, 1.54) is 109 Å². The van der Waals surface area contributed by atoms with Crippen molar-refractivity contribution in [1.82, 2.24) is 0 Å². The molecule has 0 saturated heterocycles. The Balaban J connectivity index is 1.47. The smallest absolute Gasteiger partial charge is 0.343 e. The second-order valence-corrected chi connectivity index (χ2v) is 10.7. The molecule has 220 valence electrons. The molecular formula is C35H51NO4. The number of hydrogen-bond acceptors (Lipinski definition) is 5. The van der Waals surface area contributed by atoms with E-state index in [2.05, 4.69) is 12.2 Å². The van der Waals surface area contributed by atoms with Crippen LogP contribution < -0.4 is 14.8 Å². The fourth-order valence-corrected chi connectivity index (χ4v) is 4.57. The Labute approximate surface area is 242 Å². The van der Waals surface area contributed by atoms with Gasteiger partial charge in [0.15, 0.2) is 5.78 Å². The van der Waals surface area contributed by atoms with E-state index >= 15 is 0 Å². The molecule has 0 aliphatic carbocycles. The Morgan fingerprint density at radius 3 is 1.62 bits per heavy atom. The van der Waals surface area contributed by atoms with Crippen molar-refractivity contribution in [2.45, 2.75) is 117 Å². The molecule has 0 aromatic heterocycles. The Bertz CT molecular complexity index is 966. The third kappa shape index (κ3) is 16.1. The van der Waals surface area contributed by atoms with Crippen LogP contribution in [0.2, 0.25) is 0 Å². The number of rotatable bonds is 23. The van der Waals surface area contributed by atoms with Crippen LogP contribution in [0.1, 0.15) is 127 Å². The van der Waals surface area contributed by atoms with E-state index in [4.69, 9.17) is 9.47 Å². The first kappa shape index (κ1) is 33.1. The largest absolute Gasteiger partial charge is 0.494 e. The van der Waals surface area contributed by atoms with E-state index in [1.807, 2.05) is 12.1 Å². The zero-order valence-electron chi connectivity index (χ0n) is 24.9. The van der Waals surface area contributed by atoms with E-state index in [1.54, 1.807) is 42.6 Å². The van der Waals surface area contributed by atoms with Crippen molar-refractivity contribution in [3.05, 3.63) is 66.4 Å². The van der Waals surface area contributed by atoms with Crippen LogP contribution in [0.5, 0.6) is 11.5 Å². The highest BCUT2D eigenvalue weighted by atomic mass is 16.5. The first-order valence-corrected chi connectivity index (χ1v) is 15.6. The van der Waals surface area contributed by atoms with E-state index in [0.29, 0.717) is 17.9 Å². The molecular weight excluding hydrogens is 498 g/mol. The first-order chi connectivity index (χ1) is 19.6. The van der Waals surface area contributed by atoms with Gasteiger partial charge in [0, 0.05) is 11.9 Å². The summed E-state index contributed by atoms with van der Waals surface area (Å²) in [5, 5.41) is 2.99. The van der Waals surface area contributed by atoms with Crippen LogP contribution in [0.3, 0.4) is 0 Å². The Morgan fingerprint density at radius 1 is 0.650 bits per heavy atom. The summed E-state index contributed by atoms with van der Waals surface area (Å²) in [4.78, 5) is 23.4. The maximum atomic E-state index is 12.5. The SMILES string of the molecule is CCCCCCCCCCCCCCCCCCOc1ccc(C(=O)Oc2ccc(N/C=C\C(C)=O)cc2)cc1. The highest BCUT2D eigenvalue weighted by molar-refractivity contribution is 5.91. The summed E-state index contributed by atoms with van der Waals surface area (Å²) in [7, 11) is 0. The maximum Gasteiger partial charge on any atom is 0.343 e. The zero-order valence-corrected chi connectivity index (χ0v) is 24.9. The molecule has 2 aromatic rings. The number of benzene rings is 2. The van der Waals surface area contributed by atoms with Gasteiger partial charge in [-0.05, 0) is 68.0 Å². The summed E-state index contributed by atoms with van der Waals surface area (Å²) in [5.74, 6) is 0.776. The molecule has 40 heavy (non-hydrogen) atoms. The van der Waals surface area contributed by atoms with Crippen molar-refractivity contribution in [2.75, 3.05) is 11.9 Å². The van der Waals surface area contributed by atoms with Crippen molar-refractivity contribution in [3.8, 4) is 11.5 Å². The molecule has 0 radical (unpaired) electrons. The number of unbranched alkanes of at least 4 members (excludes halogenated alkanes) is 15. The molecule has 1 N–H and O–H groups in total. The van der Waals surface area contributed by atoms with Gasteiger partial charge in [0.1, 0.15) is 11.5 Å². The molecule has 0 spiro atoms. The minimum atomic E-state index is -0.415. The van der Waals surface area contributed by atoms with E-state index in [0.717, 1.165) is 17.9 Å². The first-order valence-electron chi connectivity index (χ1n) is 15.6. The second-order valence-electron chi connectivity index (χ2n) is 10.7. The van der Waals surface area contributed by atoms with E-state index in [9.17, 15) is 9.59 Å². The number of hydrogen-bond donors (Lipinski definition) is 1. The molecule has 0 aliphatic rings. The van der Waals surface area contributed by atoms with Crippen molar-refractivity contribution < 1.29 is 19.1 Å². The lowest BCUT2D eigenvalue weighted by molar-refractivity contribution is -0.112. The number of esters is 1. The van der Waals surface area contributed by atoms with Gasteiger partial charge in [-0.25, -0.2) is 4.79 Å². The van der Waals surface area contributed by atoms with Gasteiger partial charge in [0.2, 0.25) is 0 Å². The monoisotopic (exact) mass is 549 g/mol. The zero-order chi connectivity index (χ0) is 28.7. The molecule has 0 atom stereocenters. The van der Waals surface area contributed by atoms with Crippen LogP contribution in [0.4, 0.5) is 5.69 Å². The number of allylic oxidation sites excluding steroid dienone is 1. The molecule has 5 nitrogen and oxygen atoms in total. The standard InChI is InChI=1S/C35H51NO4/c1-3-4-5-6-7-8-9-10-11-12-13-14-15-16-17-18-29-39-33-23-19-31(20-24-33)35(38)40-34-25-21-32(22-26-34)36-28-27-30(2)37/h19-28,36H,3-18,29H2,1-2H3/b28-27-. The predicted octanol–water partition coefficient (Wildman–Crippen LogP) is 10.1. The molecule has 0 heterocycles. The molecule has 0 aliphatic heterocycles. The molecule has 0 bridgehead atoms. The Hall–Kier alpha value is -3.08. The highest BCUT2D eigenvalue weighted by Gasteiger charge is 2.09. The van der Waals surface area contributed by atoms with Crippen molar-refractivity contribution in [3.63, 3.8) is 0 Å². The summed E-state index contributed by atoms with van der Waals surface area (Å²) in [5.41, 5.74) is 1.27. The third-order valence-electron chi connectivity index (χ3n) is 6.99. The predicted molar refractivity (Wildman–Crippen MR) is 166 cm³/mol. The average Bonchev–Trinajstić information content (AvgIpc) is 2.95. The van der Waals surface area contributed by atoms with Crippen LogP contribution in [-0.4, -0.2) is 18.4 Å². The van der Waals surface area contributed by atoms with Gasteiger partial charge >= 0.3 is 5.97 Å². The number of ketones is 1. The second kappa shape index (κ2) is 21.7. The van der Waals surface area contributed by atoms with Crippen LogP contribution in [0, 0.1) is 0 Å². The molecule has 2 rings (SSSR count). The Kier molecular flexibility index (Phi) is 18.0. The van der Waals surface area contributed by atoms with Gasteiger partial charge in [0.05, 0.1) is 12.2 Å². The molecule has 0 saturated carbocycles. The van der Waals surface area contributed by atoms with Gasteiger partial charge in [0.25, 0.3) is 0 Å². The lowest BCUT2D eigenvalue weighted by atomic mass is 10.0. The number of carbonyl (C=O) groups excluding carboxylic acids is 2. The number of anilines is 1. The summed E-state index contributed by atoms with van der Waals surface area (Å²) >= 11 is 0. The van der Waals surface area contributed by atoms with Gasteiger partial charge in [-0.15, -0.1) is 0 Å². The van der Waals surface area contributed by atoms with Crippen molar-refractivity contribution in [1.29, 1.82) is 0 Å². The van der Waals surface area contributed by atoms with Crippen LogP contribution in [0.25, 0.3) is 0 Å². The molecule has 0 amide bonds. The van der Waals surface area contributed by atoms with E-state index in [-0.39, 0.29) is 5.78 Å². The topological polar surface area (TPSA) is 64.6 Å². The quantitative estimate of drug-likeness (QED) is 0.0646. The average molecular weight is 550 g/mol. The minimum Gasteiger partial charge on any atom is -0.494 e. The van der Waals surface area contributed by atoms with Crippen molar-refractivity contribution in [2.24, 2.45) is 0 Å². The fourth-order valence-electron chi connectivity index (χ4n) is 4.57. The van der Waals surface area contributed by atoms with Gasteiger partial charge < -0.3 is 14.8 Å². The van der Waals surface area contributed by atoms with Gasteiger partial charge in [-0.3, -0.25) is 4.79 Å². The maximum absolute atomic E-state index is 12.5. The lowest BCUT2D eigenvalue weighted by Crippen LogP contribution is -2.08. The van der Waals surface area contributed by atoms with Crippen LogP contribution in [-0.2, 0) is 4.79 Å². The fraction of sp³-hybridized carbons (Fsp3) is 0.543. The normalized spacial score (nSPS) is 11.1. The summed E-state index contributed by atoms with van der Waals surface area (Å²) in [6.45, 7) is 4.47. The number of carbonyl (C=O) groups is 2. The molecule has 5 heteroatoms. The van der Waals surface area contributed by atoms with Gasteiger partial charge in [-0.1, -0.05) is 103 Å². The lowest BCUT2D eigenvalue weighted by Gasteiger charge is -2.08. The van der Waals surface area contributed by atoms with Crippen LogP contribution in [0.15, 0.2) is 60.8 Å². The minimum absolute atomic E-state index is 0.0327. The molecule has 2 aromatic carbocycles. The van der Waals surface area contributed by atoms with Crippen molar-refractivity contribution >= 4 is 17.4 Å². The summed E-state index contributed by atoms with van der Waals surface area (Å²) < 4.78 is 11.3. The number of nitrogens with one attached hydrogen (secondary N) is 1. The van der Waals surface area contributed by atoms with Gasteiger partial charge in [-0.2, -0.15) is 0 Å². The third-order valence-corrected chi connectivity index (χ3v) is 6.99. The molecule has 0 fully saturated rings. The summed E-state index contributed by atoms with van der Waals surface area (Å²) in [6, 6.07) is 14.1. The number of ether oxygens (including phenoxy) is 2. The molecule has 0 unspecified atom stereocenters. The van der Waals surface area contributed by atoms with Crippen LogP contribution >= 0.6 is 0 Å².